The van der Waals surface area contributed by atoms with E-state index in [0.717, 1.165) is 12.2 Å². The second-order valence-electron chi connectivity index (χ2n) is 4.34. The summed E-state index contributed by atoms with van der Waals surface area (Å²) >= 11 is 0. The van der Waals surface area contributed by atoms with Crippen LogP contribution in [0.4, 0.5) is 0 Å². The van der Waals surface area contributed by atoms with Crippen LogP contribution in [0.15, 0.2) is 18.3 Å². The predicted molar refractivity (Wildman–Crippen MR) is 63.0 cm³/mol. The van der Waals surface area contributed by atoms with Crippen molar-refractivity contribution in [2.75, 3.05) is 32.8 Å². The molecule has 1 N–H and O–H groups in total. The molecule has 1 aliphatic heterocycles. The number of hydrogen-bond donors (Lipinski definition) is 1. The lowest BCUT2D eigenvalue weighted by atomic mass is 10.2. The van der Waals surface area contributed by atoms with Crippen LogP contribution in [0.1, 0.15) is 10.5 Å². The van der Waals surface area contributed by atoms with Crippen molar-refractivity contribution in [1.29, 1.82) is 0 Å². The third-order valence-corrected chi connectivity index (χ3v) is 3.02. The summed E-state index contributed by atoms with van der Waals surface area (Å²) in [7, 11) is 1.86. The first-order chi connectivity index (χ1) is 8.20. The minimum atomic E-state index is -0.162. The first kappa shape index (κ1) is 12.3. The lowest BCUT2D eigenvalue weighted by Crippen LogP contribution is -2.46. The van der Waals surface area contributed by atoms with Crippen molar-refractivity contribution in [3.05, 3.63) is 24.0 Å². The lowest BCUT2D eigenvalue weighted by Gasteiger charge is -2.31. The molecule has 0 bridgehead atoms. The molecular weight excluding hydrogens is 220 g/mol. The Kier molecular flexibility index (Phi) is 3.93. The number of ketones is 1. The summed E-state index contributed by atoms with van der Waals surface area (Å²) in [4.78, 5) is 14.1. The number of carbonyl (C=O) groups is 1. The number of Topliss-reactive ketones (excluding diaryl/α,β-unsaturated/α-hetero) is 1. The van der Waals surface area contributed by atoms with E-state index in [0.29, 0.717) is 19.7 Å². The minimum absolute atomic E-state index is 0.00878. The Bertz CT molecular complexity index is 389. The zero-order valence-corrected chi connectivity index (χ0v) is 10.0. The number of nitrogens with zero attached hydrogens (tertiary/aromatic N) is 2. The molecule has 1 aromatic heterocycles. The number of aromatic nitrogens is 1. The van der Waals surface area contributed by atoms with E-state index in [2.05, 4.69) is 0 Å². The highest BCUT2D eigenvalue weighted by molar-refractivity contribution is 5.96. The molecule has 17 heavy (non-hydrogen) atoms. The molecule has 0 radical (unpaired) electrons. The van der Waals surface area contributed by atoms with E-state index in [-0.39, 0.29) is 18.5 Å². The highest BCUT2D eigenvalue weighted by atomic mass is 16.5. The molecule has 1 fully saturated rings. The summed E-state index contributed by atoms with van der Waals surface area (Å²) in [5.41, 5.74) is 0.719. The van der Waals surface area contributed by atoms with Gasteiger partial charge in [-0.25, -0.2) is 0 Å². The van der Waals surface area contributed by atoms with Gasteiger partial charge in [0.15, 0.2) is 5.78 Å². The largest absolute Gasteiger partial charge is 0.394 e. The molecule has 1 aromatic rings. The molecule has 5 nitrogen and oxygen atoms in total. The third-order valence-electron chi connectivity index (χ3n) is 3.02. The number of carbonyl (C=O) groups excluding carboxylic acids is 1. The Hall–Kier alpha value is -1.17. The maximum atomic E-state index is 12.0. The Morgan fingerprint density at radius 1 is 1.65 bits per heavy atom. The van der Waals surface area contributed by atoms with Crippen LogP contribution < -0.4 is 0 Å². The number of aliphatic hydroxyl groups is 1. The molecule has 1 aliphatic rings. The van der Waals surface area contributed by atoms with Gasteiger partial charge in [-0.1, -0.05) is 0 Å². The molecule has 94 valence electrons. The van der Waals surface area contributed by atoms with E-state index in [9.17, 15) is 4.79 Å². The van der Waals surface area contributed by atoms with Crippen LogP contribution in [0.5, 0.6) is 0 Å². The molecule has 0 spiro atoms. The smallest absolute Gasteiger partial charge is 0.193 e. The molecule has 5 heteroatoms. The fourth-order valence-electron chi connectivity index (χ4n) is 2.07. The van der Waals surface area contributed by atoms with Crippen molar-refractivity contribution < 1.29 is 14.6 Å². The van der Waals surface area contributed by atoms with E-state index < -0.39 is 0 Å². The number of ether oxygens (including phenoxy) is 1. The third kappa shape index (κ3) is 2.94. The van der Waals surface area contributed by atoms with Crippen molar-refractivity contribution in [2.45, 2.75) is 6.10 Å². The molecular formula is C12H18N2O3. The summed E-state index contributed by atoms with van der Waals surface area (Å²) in [5.74, 6) is 0.107. The normalized spacial score (nSPS) is 21.6. The van der Waals surface area contributed by atoms with Crippen LogP contribution >= 0.6 is 0 Å². The molecule has 0 amide bonds. The molecule has 1 saturated heterocycles. The second-order valence-corrected chi connectivity index (χ2v) is 4.34. The molecule has 0 aromatic carbocycles. The van der Waals surface area contributed by atoms with Crippen LogP contribution in [-0.2, 0) is 11.8 Å². The van der Waals surface area contributed by atoms with Gasteiger partial charge in [0.25, 0.3) is 0 Å². The monoisotopic (exact) mass is 238 g/mol. The number of hydrogen-bond acceptors (Lipinski definition) is 4. The van der Waals surface area contributed by atoms with Crippen LogP contribution in [0.2, 0.25) is 0 Å². The highest BCUT2D eigenvalue weighted by Crippen LogP contribution is 2.07. The standard InChI is InChI=1S/C12H18N2O3/c1-13-4-2-3-11(13)12(16)8-14-5-6-17-10(7-14)9-15/h2-4,10,15H,5-9H2,1H3. The molecule has 0 saturated carbocycles. The van der Waals surface area contributed by atoms with Crippen LogP contribution in [0.25, 0.3) is 0 Å². The number of aliphatic hydroxyl groups excluding tert-OH is 1. The van der Waals surface area contributed by atoms with Crippen LogP contribution in [0.3, 0.4) is 0 Å². The molecule has 1 unspecified atom stereocenters. The second kappa shape index (κ2) is 5.44. The van der Waals surface area contributed by atoms with Gasteiger partial charge < -0.3 is 14.4 Å². The highest BCUT2D eigenvalue weighted by Gasteiger charge is 2.22. The molecule has 2 heterocycles. The molecule has 1 atom stereocenters. The van der Waals surface area contributed by atoms with Crippen molar-refractivity contribution in [3.8, 4) is 0 Å². The van der Waals surface area contributed by atoms with E-state index in [1.807, 2.05) is 34.8 Å². The minimum Gasteiger partial charge on any atom is -0.394 e. The van der Waals surface area contributed by atoms with Crippen molar-refractivity contribution in [1.82, 2.24) is 9.47 Å². The topological polar surface area (TPSA) is 54.7 Å². The summed E-state index contributed by atoms with van der Waals surface area (Å²) < 4.78 is 7.17. The van der Waals surface area contributed by atoms with Gasteiger partial charge in [-0.3, -0.25) is 9.69 Å². The Balaban J connectivity index is 1.93. The van der Waals surface area contributed by atoms with Gasteiger partial charge in [-0.05, 0) is 12.1 Å². The van der Waals surface area contributed by atoms with Crippen LogP contribution in [0, 0.1) is 0 Å². The summed E-state index contributed by atoms with van der Waals surface area (Å²) in [5, 5.41) is 9.03. The van der Waals surface area contributed by atoms with Gasteiger partial charge in [0, 0.05) is 26.3 Å². The van der Waals surface area contributed by atoms with Gasteiger partial charge in [0.05, 0.1) is 31.6 Å². The van der Waals surface area contributed by atoms with Gasteiger partial charge in [0.2, 0.25) is 0 Å². The fourth-order valence-corrected chi connectivity index (χ4v) is 2.07. The predicted octanol–water partition coefficient (Wildman–Crippen LogP) is -0.0991. The summed E-state index contributed by atoms with van der Waals surface area (Å²) in [6.07, 6.45) is 1.70. The van der Waals surface area contributed by atoms with Crippen molar-refractivity contribution >= 4 is 5.78 Å². The van der Waals surface area contributed by atoms with E-state index >= 15 is 0 Å². The molecule has 0 aliphatic carbocycles. The van der Waals surface area contributed by atoms with E-state index in [1.54, 1.807) is 0 Å². The van der Waals surface area contributed by atoms with Crippen molar-refractivity contribution in [2.24, 2.45) is 7.05 Å². The first-order valence-electron chi connectivity index (χ1n) is 5.80. The zero-order chi connectivity index (χ0) is 12.3. The average molecular weight is 238 g/mol. The van der Waals surface area contributed by atoms with Gasteiger partial charge in [-0.2, -0.15) is 0 Å². The first-order valence-corrected chi connectivity index (χ1v) is 5.80. The fraction of sp³-hybridized carbons (Fsp3) is 0.583. The molecule has 2 rings (SSSR count). The SMILES string of the molecule is Cn1cccc1C(=O)CN1CCOC(CO)C1. The number of aryl methyl sites for hydroxylation is 1. The maximum Gasteiger partial charge on any atom is 0.193 e. The quantitative estimate of drug-likeness (QED) is 0.744. The van der Waals surface area contributed by atoms with E-state index in [1.165, 1.54) is 0 Å². The zero-order valence-electron chi connectivity index (χ0n) is 10.0. The summed E-state index contributed by atoms with van der Waals surface area (Å²) in [6, 6.07) is 3.69. The number of morpholine rings is 1. The number of rotatable bonds is 4. The summed E-state index contributed by atoms with van der Waals surface area (Å²) in [6.45, 7) is 2.33. The Morgan fingerprint density at radius 2 is 2.47 bits per heavy atom. The lowest BCUT2D eigenvalue weighted by molar-refractivity contribution is -0.0503. The van der Waals surface area contributed by atoms with Gasteiger partial charge >= 0.3 is 0 Å². The van der Waals surface area contributed by atoms with Crippen LogP contribution in [-0.4, -0.2) is 59.3 Å². The van der Waals surface area contributed by atoms with Crippen molar-refractivity contribution in [3.63, 3.8) is 0 Å². The Morgan fingerprint density at radius 3 is 3.12 bits per heavy atom. The van der Waals surface area contributed by atoms with Gasteiger partial charge in [0.1, 0.15) is 0 Å². The average Bonchev–Trinajstić information content (AvgIpc) is 2.76. The van der Waals surface area contributed by atoms with Gasteiger partial charge in [-0.15, -0.1) is 0 Å². The van der Waals surface area contributed by atoms with E-state index in [4.69, 9.17) is 9.84 Å². The maximum absolute atomic E-state index is 12.0. The Labute approximate surface area is 101 Å².